The average molecular weight is 386 g/mol. The number of nitrogens with two attached hydrogens (primary N) is 1. The summed E-state index contributed by atoms with van der Waals surface area (Å²) in [6.07, 6.45) is 4.44. The van der Waals surface area contributed by atoms with Crippen molar-refractivity contribution < 1.29 is 9.53 Å². The maximum Gasteiger partial charge on any atom is 0.231 e. The first kappa shape index (κ1) is 19.0. The van der Waals surface area contributed by atoms with Crippen molar-refractivity contribution in [2.45, 2.75) is 42.8 Å². The average Bonchev–Trinajstić information content (AvgIpc) is 3.07. The van der Waals surface area contributed by atoms with Crippen LogP contribution in [0.2, 0.25) is 0 Å². The molecular weight excluding hydrogens is 364 g/mol. The second kappa shape index (κ2) is 8.31. The number of hydrogen-bond acceptors (Lipinski definition) is 7. The number of rotatable bonds is 6. The Balaban J connectivity index is 1.62. The Hall–Kier alpha value is -2.73. The largest absolute Gasteiger partial charge is 0.497 e. The molecule has 142 valence electrons. The molecule has 1 heterocycles. The number of nitrogen functional groups attached to an aromatic ring is 1. The molecule has 1 aliphatic carbocycles. The monoisotopic (exact) mass is 386 g/mol. The summed E-state index contributed by atoms with van der Waals surface area (Å²) in [5.41, 5.74) is 0.0633. The lowest BCUT2D eigenvalue weighted by molar-refractivity contribution is -0.120. The number of aromatic nitrogens is 3. The lowest BCUT2D eigenvalue weighted by Crippen LogP contribution is -2.49. The Bertz CT molecular complexity index is 837. The molecule has 3 N–H and O–H groups in total. The number of amides is 1. The Morgan fingerprint density at radius 3 is 2.67 bits per heavy atom. The number of nitriles is 1. The van der Waals surface area contributed by atoms with Crippen molar-refractivity contribution in [2.24, 2.45) is 0 Å². The van der Waals surface area contributed by atoms with Crippen molar-refractivity contribution in [3.63, 3.8) is 0 Å². The minimum atomic E-state index is -0.736. The van der Waals surface area contributed by atoms with Crippen molar-refractivity contribution in [1.82, 2.24) is 20.2 Å². The van der Waals surface area contributed by atoms with Crippen LogP contribution in [0.25, 0.3) is 11.4 Å². The first-order valence-electron chi connectivity index (χ1n) is 8.77. The third kappa shape index (κ3) is 4.34. The van der Waals surface area contributed by atoms with Gasteiger partial charge in [-0.05, 0) is 37.1 Å². The zero-order valence-electron chi connectivity index (χ0n) is 15.1. The Morgan fingerprint density at radius 2 is 2.04 bits per heavy atom. The van der Waals surface area contributed by atoms with E-state index in [1.54, 1.807) is 7.11 Å². The molecule has 0 radical (unpaired) electrons. The first-order valence-corrected chi connectivity index (χ1v) is 9.75. The molecule has 1 aliphatic rings. The summed E-state index contributed by atoms with van der Waals surface area (Å²) in [5, 5.41) is 21.0. The van der Waals surface area contributed by atoms with Crippen LogP contribution in [0.1, 0.15) is 32.1 Å². The number of benzene rings is 1. The van der Waals surface area contributed by atoms with Gasteiger partial charge in [-0.1, -0.05) is 31.0 Å². The normalized spacial score (nSPS) is 15.7. The predicted molar refractivity (Wildman–Crippen MR) is 102 cm³/mol. The predicted octanol–water partition coefficient (Wildman–Crippen LogP) is 2.10. The molecule has 1 aromatic heterocycles. The van der Waals surface area contributed by atoms with E-state index in [2.05, 4.69) is 21.6 Å². The number of hydrogen-bond donors (Lipinski definition) is 2. The van der Waals surface area contributed by atoms with Crippen LogP contribution in [-0.2, 0) is 4.79 Å². The first-order chi connectivity index (χ1) is 13.1. The summed E-state index contributed by atoms with van der Waals surface area (Å²) in [7, 11) is 1.60. The highest BCUT2D eigenvalue weighted by atomic mass is 32.2. The van der Waals surface area contributed by atoms with Crippen molar-refractivity contribution in [3.8, 4) is 23.2 Å². The second-order valence-electron chi connectivity index (χ2n) is 6.50. The van der Waals surface area contributed by atoms with Gasteiger partial charge >= 0.3 is 0 Å². The fourth-order valence-corrected chi connectivity index (χ4v) is 3.82. The number of nitrogens with one attached hydrogen (secondary N) is 1. The topological polar surface area (TPSA) is 119 Å². The van der Waals surface area contributed by atoms with E-state index in [9.17, 15) is 10.1 Å². The highest BCUT2D eigenvalue weighted by molar-refractivity contribution is 7.99. The number of nitrogens with zero attached hydrogens (tertiary/aromatic N) is 4. The summed E-state index contributed by atoms with van der Waals surface area (Å²) in [4.78, 5) is 12.3. The minimum Gasteiger partial charge on any atom is -0.497 e. The molecule has 0 atom stereocenters. The van der Waals surface area contributed by atoms with Gasteiger partial charge in [0.05, 0.1) is 18.9 Å². The van der Waals surface area contributed by atoms with Gasteiger partial charge in [-0.2, -0.15) is 5.26 Å². The van der Waals surface area contributed by atoms with Crippen LogP contribution < -0.4 is 15.9 Å². The van der Waals surface area contributed by atoms with Gasteiger partial charge < -0.3 is 15.9 Å². The van der Waals surface area contributed by atoms with Gasteiger partial charge in [0.1, 0.15) is 11.3 Å². The van der Waals surface area contributed by atoms with Crippen molar-refractivity contribution in [1.29, 1.82) is 5.26 Å². The van der Waals surface area contributed by atoms with Gasteiger partial charge in [-0.25, -0.2) is 4.68 Å². The number of methoxy groups -OCH3 is 1. The lowest BCUT2D eigenvalue weighted by atomic mass is 9.83. The molecule has 0 spiro atoms. The Labute approximate surface area is 162 Å². The molecule has 8 nitrogen and oxygen atoms in total. The van der Waals surface area contributed by atoms with Crippen LogP contribution in [0.5, 0.6) is 5.75 Å². The third-order valence-corrected chi connectivity index (χ3v) is 5.59. The van der Waals surface area contributed by atoms with Crippen LogP contribution >= 0.6 is 11.8 Å². The fraction of sp³-hybridized carbons (Fsp3) is 0.444. The zero-order valence-corrected chi connectivity index (χ0v) is 16.0. The number of carbonyl (C=O) groups excluding carboxylic acids is 1. The van der Waals surface area contributed by atoms with E-state index in [4.69, 9.17) is 10.6 Å². The van der Waals surface area contributed by atoms with Crippen LogP contribution in [0.3, 0.4) is 0 Å². The smallest absolute Gasteiger partial charge is 0.231 e. The van der Waals surface area contributed by atoms with E-state index in [1.165, 1.54) is 16.4 Å². The van der Waals surface area contributed by atoms with Gasteiger partial charge in [0.15, 0.2) is 5.82 Å². The molecule has 0 aliphatic heterocycles. The maximum absolute atomic E-state index is 12.3. The van der Waals surface area contributed by atoms with Crippen LogP contribution in [-0.4, -0.2) is 39.2 Å². The molecule has 0 saturated heterocycles. The summed E-state index contributed by atoms with van der Waals surface area (Å²) >= 11 is 1.19. The van der Waals surface area contributed by atoms with Crippen molar-refractivity contribution in [2.75, 3.05) is 18.7 Å². The molecule has 0 unspecified atom stereocenters. The van der Waals surface area contributed by atoms with Gasteiger partial charge in [0.2, 0.25) is 11.1 Å². The lowest BCUT2D eigenvalue weighted by Gasteiger charge is -2.31. The molecule has 9 heteroatoms. The van der Waals surface area contributed by atoms with Gasteiger partial charge in [0, 0.05) is 5.56 Å². The molecule has 0 bridgehead atoms. The molecule has 1 amide bonds. The van der Waals surface area contributed by atoms with Crippen molar-refractivity contribution in [3.05, 3.63) is 24.3 Å². The number of carbonyl (C=O) groups is 1. The Morgan fingerprint density at radius 1 is 1.33 bits per heavy atom. The van der Waals surface area contributed by atoms with Crippen molar-refractivity contribution >= 4 is 17.7 Å². The molecular formula is C18H22N6O2S. The fourth-order valence-electron chi connectivity index (χ4n) is 3.17. The van der Waals surface area contributed by atoms with Gasteiger partial charge in [-0.3, -0.25) is 4.79 Å². The second-order valence-corrected chi connectivity index (χ2v) is 7.44. The highest BCUT2D eigenvalue weighted by Crippen LogP contribution is 2.28. The van der Waals surface area contributed by atoms with Gasteiger partial charge in [0.25, 0.3) is 0 Å². The summed E-state index contributed by atoms with van der Waals surface area (Å²) < 4.78 is 6.50. The van der Waals surface area contributed by atoms with E-state index >= 15 is 0 Å². The molecule has 3 rings (SSSR count). The third-order valence-electron chi connectivity index (χ3n) is 4.64. The summed E-state index contributed by atoms with van der Waals surface area (Å²) in [6, 6.07) is 9.59. The van der Waals surface area contributed by atoms with Crippen LogP contribution in [0.15, 0.2) is 29.4 Å². The Kier molecular flexibility index (Phi) is 5.86. The number of ether oxygens (including phenoxy) is 1. The molecule has 27 heavy (non-hydrogen) atoms. The van der Waals surface area contributed by atoms with Crippen LogP contribution in [0.4, 0.5) is 0 Å². The maximum atomic E-state index is 12.3. The molecule has 1 fully saturated rings. The standard InChI is InChI=1S/C18H22N6O2S/c1-26-14-7-5-13(6-8-14)16-22-23-17(24(16)20)27-11-15(25)21-18(12-19)9-3-2-4-10-18/h5-8H,2-4,9-11,20H2,1H3,(H,21,25). The van der Waals surface area contributed by atoms with E-state index in [1.807, 2.05) is 24.3 Å². The quantitative estimate of drug-likeness (QED) is 0.576. The minimum absolute atomic E-state index is 0.126. The molecule has 1 saturated carbocycles. The summed E-state index contributed by atoms with van der Waals surface area (Å²) in [5.74, 6) is 7.25. The van der Waals surface area contributed by atoms with E-state index in [-0.39, 0.29) is 11.7 Å². The molecule has 1 aromatic carbocycles. The molecule has 2 aromatic rings. The summed E-state index contributed by atoms with van der Waals surface area (Å²) in [6.45, 7) is 0. The highest BCUT2D eigenvalue weighted by Gasteiger charge is 2.33. The van der Waals surface area contributed by atoms with Gasteiger partial charge in [-0.15, -0.1) is 10.2 Å². The SMILES string of the molecule is COc1ccc(-c2nnc(SCC(=O)NC3(C#N)CCCCC3)n2N)cc1. The van der Waals surface area contributed by atoms with E-state index in [0.29, 0.717) is 23.8 Å². The van der Waals surface area contributed by atoms with Crippen LogP contribution in [0, 0.1) is 11.3 Å². The zero-order chi connectivity index (χ0) is 19.3. The van der Waals surface area contributed by atoms with E-state index < -0.39 is 5.54 Å². The van der Waals surface area contributed by atoms with E-state index in [0.717, 1.165) is 30.6 Å². The number of thioether (sulfide) groups is 1.